The molecule has 1 amide bonds. The van der Waals surface area contributed by atoms with Crippen molar-refractivity contribution >= 4 is 6.09 Å². The quantitative estimate of drug-likeness (QED) is 0.883. The van der Waals surface area contributed by atoms with Gasteiger partial charge in [-0.2, -0.15) is 0 Å². The number of hydrogen-bond donors (Lipinski definition) is 2. The van der Waals surface area contributed by atoms with Crippen LogP contribution in [-0.2, 0) is 13.2 Å². The van der Waals surface area contributed by atoms with Crippen LogP contribution in [0.4, 0.5) is 9.18 Å². The zero-order chi connectivity index (χ0) is 14.5. The predicted molar refractivity (Wildman–Crippen MR) is 71.0 cm³/mol. The Kier molecular flexibility index (Phi) is 4.24. The Hall–Kier alpha value is -2.50. The number of hydrogen-bond acceptors (Lipinski definition) is 2. The van der Waals surface area contributed by atoms with Gasteiger partial charge in [-0.15, -0.1) is 0 Å². The van der Waals surface area contributed by atoms with Crippen molar-refractivity contribution in [2.75, 3.05) is 7.05 Å². The molecular weight excluding hydrogens is 263 g/mol. The van der Waals surface area contributed by atoms with E-state index in [4.69, 9.17) is 9.84 Å². The minimum Gasteiger partial charge on any atom is -0.474 e. The molecule has 0 aliphatic heterocycles. The lowest BCUT2D eigenvalue weighted by molar-refractivity contribution is 0.153. The number of amides is 1. The third kappa shape index (κ3) is 3.50. The highest BCUT2D eigenvalue weighted by Gasteiger charge is 2.08. The number of nitrogens with one attached hydrogen (secondary N) is 1. The Balaban J connectivity index is 1.93. The van der Waals surface area contributed by atoms with Crippen LogP contribution in [0.1, 0.15) is 11.1 Å². The molecular formula is C14H15FN2O3. The number of carboxylic acid groups (broad SMARTS) is 1. The number of halogens is 1. The molecule has 0 radical (unpaired) electrons. The highest BCUT2D eigenvalue weighted by Crippen LogP contribution is 2.15. The van der Waals surface area contributed by atoms with E-state index in [0.29, 0.717) is 11.4 Å². The smallest absolute Gasteiger partial charge is 0.407 e. The Bertz CT molecular complexity index is 598. The molecule has 2 N–H and O–H groups in total. The van der Waals surface area contributed by atoms with Gasteiger partial charge in [0, 0.05) is 24.9 Å². The van der Waals surface area contributed by atoms with Gasteiger partial charge in [0.15, 0.2) is 5.88 Å². The second-order valence-corrected chi connectivity index (χ2v) is 4.39. The second-order valence-electron chi connectivity index (χ2n) is 4.39. The number of rotatable bonds is 5. The first-order chi connectivity index (χ1) is 9.56. The number of carbonyl (C=O) groups is 1. The fourth-order valence-electron chi connectivity index (χ4n) is 1.70. The third-order valence-corrected chi connectivity index (χ3v) is 2.80. The first-order valence-electron chi connectivity index (χ1n) is 6.04. The zero-order valence-corrected chi connectivity index (χ0v) is 11.0. The summed E-state index contributed by atoms with van der Waals surface area (Å²) < 4.78 is 18.8. The Morgan fingerprint density at radius 1 is 1.45 bits per heavy atom. The lowest BCUT2D eigenvalue weighted by atomic mass is 10.2. The second kappa shape index (κ2) is 6.10. The number of benzene rings is 1. The fourth-order valence-corrected chi connectivity index (χ4v) is 1.70. The highest BCUT2D eigenvalue weighted by molar-refractivity contribution is 5.64. The van der Waals surface area contributed by atoms with Crippen molar-refractivity contribution in [2.45, 2.75) is 13.2 Å². The van der Waals surface area contributed by atoms with Crippen molar-refractivity contribution in [3.8, 4) is 5.88 Å². The number of aromatic nitrogens is 1. The van der Waals surface area contributed by atoms with Gasteiger partial charge in [-0.05, 0) is 11.6 Å². The molecule has 20 heavy (non-hydrogen) atoms. The van der Waals surface area contributed by atoms with Crippen LogP contribution >= 0.6 is 0 Å². The van der Waals surface area contributed by atoms with Crippen LogP contribution in [0, 0.1) is 5.82 Å². The van der Waals surface area contributed by atoms with Crippen LogP contribution in [0.3, 0.4) is 0 Å². The van der Waals surface area contributed by atoms with Crippen LogP contribution in [0.15, 0.2) is 36.5 Å². The van der Waals surface area contributed by atoms with Crippen molar-refractivity contribution < 1.29 is 19.0 Å². The number of ether oxygens (including phenoxy) is 1. The van der Waals surface area contributed by atoms with Crippen molar-refractivity contribution in [3.63, 3.8) is 0 Å². The monoisotopic (exact) mass is 278 g/mol. The van der Waals surface area contributed by atoms with E-state index in [1.54, 1.807) is 30.5 Å². The van der Waals surface area contributed by atoms with Gasteiger partial charge in [0.25, 0.3) is 0 Å². The van der Waals surface area contributed by atoms with Crippen LogP contribution < -0.4 is 4.74 Å². The summed E-state index contributed by atoms with van der Waals surface area (Å²) in [6, 6.07) is 8.08. The Morgan fingerprint density at radius 3 is 2.90 bits per heavy atom. The molecule has 5 nitrogen and oxygen atoms in total. The summed E-state index contributed by atoms with van der Waals surface area (Å²) in [5, 5.41) is 8.78. The molecule has 0 unspecified atom stereocenters. The Labute approximate surface area is 115 Å². The van der Waals surface area contributed by atoms with E-state index >= 15 is 0 Å². The number of aromatic amines is 1. The number of H-pyrrole nitrogens is 1. The van der Waals surface area contributed by atoms with E-state index < -0.39 is 6.09 Å². The number of nitrogens with zero attached hydrogens (tertiary/aromatic N) is 1. The summed E-state index contributed by atoms with van der Waals surface area (Å²) in [5.74, 6) is 0.159. The van der Waals surface area contributed by atoms with Crippen molar-refractivity contribution in [1.82, 2.24) is 9.88 Å². The largest absolute Gasteiger partial charge is 0.474 e. The van der Waals surface area contributed by atoms with Gasteiger partial charge in [0.1, 0.15) is 12.4 Å². The molecule has 0 atom stereocenters. The average Bonchev–Trinajstić information content (AvgIpc) is 2.85. The molecule has 0 spiro atoms. The van der Waals surface area contributed by atoms with Gasteiger partial charge < -0.3 is 19.7 Å². The van der Waals surface area contributed by atoms with E-state index in [1.807, 2.05) is 0 Å². The maximum atomic E-state index is 13.4. The molecule has 2 aromatic rings. The lowest BCUT2D eigenvalue weighted by Crippen LogP contribution is -2.23. The van der Waals surface area contributed by atoms with E-state index in [9.17, 15) is 9.18 Å². The molecule has 0 fully saturated rings. The molecule has 0 saturated heterocycles. The molecule has 1 heterocycles. The normalized spacial score (nSPS) is 10.3. The molecule has 0 bridgehead atoms. The van der Waals surface area contributed by atoms with E-state index in [0.717, 1.165) is 10.5 Å². The Morgan fingerprint density at radius 2 is 2.20 bits per heavy atom. The van der Waals surface area contributed by atoms with Gasteiger partial charge in [-0.25, -0.2) is 9.18 Å². The molecule has 0 aliphatic carbocycles. The molecule has 0 aliphatic rings. The van der Waals surface area contributed by atoms with Gasteiger partial charge in [-0.1, -0.05) is 18.2 Å². The molecule has 2 rings (SSSR count). The standard InChI is InChI=1S/C14H15FN2O3/c1-17(14(18)19)8-10-6-13(16-7-10)20-9-11-4-2-3-5-12(11)15/h2-7,16H,8-9H2,1H3,(H,18,19). The summed E-state index contributed by atoms with van der Waals surface area (Å²) in [5.41, 5.74) is 1.24. The molecule has 106 valence electrons. The maximum absolute atomic E-state index is 13.4. The van der Waals surface area contributed by atoms with Crippen LogP contribution in [0.25, 0.3) is 0 Å². The van der Waals surface area contributed by atoms with Crippen molar-refractivity contribution in [3.05, 3.63) is 53.5 Å². The first-order valence-corrected chi connectivity index (χ1v) is 6.04. The molecule has 1 aromatic carbocycles. The first kappa shape index (κ1) is 13.9. The van der Waals surface area contributed by atoms with Crippen molar-refractivity contribution in [2.24, 2.45) is 0 Å². The topological polar surface area (TPSA) is 65.6 Å². The summed E-state index contributed by atoms with van der Waals surface area (Å²) in [4.78, 5) is 14.7. The highest BCUT2D eigenvalue weighted by atomic mass is 19.1. The molecule has 6 heteroatoms. The minimum atomic E-state index is -1.000. The average molecular weight is 278 g/mol. The van der Waals surface area contributed by atoms with Gasteiger partial charge >= 0.3 is 6.09 Å². The van der Waals surface area contributed by atoms with Gasteiger partial charge in [0.05, 0.1) is 6.54 Å². The summed E-state index contributed by atoms with van der Waals surface area (Å²) >= 11 is 0. The van der Waals surface area contributed by atoms with Gasteiger partial charge in [0.2, 0.25) is 0 Å². The zero-order valence-electron chi connectivity index (χ0n) is 11.0. The van der Waals surface area contributed by atoms with Crippen molar-refractivity contribution in [1.29, 1.82) is 0 Å². The van der Waals surface area contributed by atoms with Crippen LogP contribution in [-0.4, -0.2) is 28.1 Å². The maximum Gasteiger partial charge on any atom is 0.407 e. The fraction of sp³-hybridized carbons (Fsp3) is 0.214. The third-order valence-electron chi connectivity index (χ3n) is 2.80. The van der Waals surface area contributed by atoms with E-state index in [2.05, 4.69) is 4.98 Å². The van der Waals surface area contributed by atoms with Crippen LogP contribution in [0.5, 0.6) is 5.88 Å². The minimum absolute atomic E-state index is 0.112. The SMILES string of the molecule is CN(Cc1c[nH]c(OCc2ccccc2F)c1)C(=O)O. The van der Waals surface area contributed by atoms with E-state index in [1.165, 1.54) is 13.1 Å². The van der Waals surface area contributed by atoms with E-state index in [-0.39, 0.29) is 19.0 Å². The van der Waals surface area contributed by atoms with Gasteiger partial charge in [-0.3, -0.25) is 0 Å². The summed E-state index contributed by atoms with van der Waals surface area (Å²) in [6.07, 6.45) is 0.663. The summed E-state index contributed by atoms with van der Waals surface area (Å²) in [6.45, 7) is 0.371. The van der Waals surface area contributed by atoms with Crippen LogP contribution in [0.2, 0.25) is 0 Å². The molecule has 0 saturated carbocycles. The molecule has 1 aromatic heterocycles. The lowest BCUT2D eigenvalue weighted by Gasteiger charge is -2.10. The summed E-state index contributed by atoms with van der Waals surface area (Å²) in [7, 11) is 1.48. The predicted octanol–water partition coefficient (Wildman–Crippen LogP) is 2.84.